The number of aliphatic hydroxyl groups excluding tert-OH is 1. The van der Waals surface area contributed by atoms with E-state index in [-0.39, 0.29) is 6.61 Å². The molecule has 2 fully saturated rings. The van der Waals surface area contributed by atoms with Gasteiger partial charge in [-0.25, -0.2) is 0 Å². The highest BCUT2D eigenvalue weighted by Gasteiger charge is 2.42. The summed E-state index contributed by atoms with van der Waals surface area (Å²) >= 11 is 0. The molecule has 0 aromatic heterocycles. The van der Waals surface area contributed by atoms with Crippen molar-refractivity contribution in [3.05, 3.63) is 11.6 Å². The number of aliphatic hydroxyl groups is 1. The molecule has 0 saturated heterocycles. The third-order valence-corrected chi connectivity index (χ3v) is 3.40. The molecule has 0 aromatic rings. The van der Waals surface area contributed by atoms with Crippen molar-refractivity contribution in [1.82, 2.24) is 0 Å². The molecular formula is C11H18O2. The monoisotopic (exact) mass is 182 g/mol. The first-order chi connectivity index (χ1) is 6.35. The lowest BCUT2D eigenvalue weighted by molar-refractivity contribution is 0.00932. The standard InChI is InChI=1S/C11H18O2/c1-2-9-5-8-6-10(9)11(7-8)13-4-3-12/h2,8,10-12H,3-7H2,1H3/b9-2-. The smallest absolute Gasteiger partial charge is 0.0701 e. The highest BCUT2D eigenvalue weighted by atomic mass is 16.5. The molecule has 74 valence electrons. The van der Waals surface area contributed by atoms with Gasteiger partial charge in [-0.05, 0) is 32.1 Å². The first kappa shape index (κ1) is 9.22. The molecule has 2 saturated carbocycles. The third-order valence-electron chi connectivity index (χ3n) is 3.40. The van der Waals surface area contributed by atoms with Crippen LogP contribution in [0.2, 0.25) is 0 Å². The topological polar surface area (TPSA) is 29.5 Å². The van der Waals surface area contributed by atoms with E-state index >= 15 is 0 Å². The van der Waals surface area contributed by atoms with Crippen LogP contribution >= 0.6 is 0 Å². The molecule has 0 aliphatic heterocycles. The van der Waals surface area contributed by atoms with Crippen LogP contribution in [0.15, 0.2) is 11.6 Å². The van der Waals surface area contributed by atoms with Crippen LogP contribution < -0.4 is 0 Å². The van der Waals surface area contributed by atoms with E-state index in [0.29, 0.717) is 18.6 Å². The predicted molar refractivity (Wildman–Crippen MR) is 51.4 cm³/mol. The van der Waals surface area contributed by atoms with Crippen molar-refractivity contribution in [1.29, 1.82) is 0 Å². The minimum atomic E-state index is 0.152. The number of fused-ring (bicyclic) bond motifs is 2. The van der Waals surface area contributed by atoms with E-state index in [1.165, 1.54) is 19.3 Å². The van der Waals surface area contributed by atoms with Crippen molar-refractivity contribution >= 4 is 0 Å². The fraction of sp³-hybridized carbons (Fsp3) is 0.818. The molecule has 1 N–H and O–H groups in total. The van der Waals surface area contributed by atoms with Gasteiger partial charge in [0.15, 0.2) is 0 Å². The Morgan fingerprint density at radius 2 is 2.38 bits per heavy atom. The van der Waals surface area contributed by atoms with Crippen molar-refractivity contribution in [3.63, 3.8) is 0 Å². The maximum absolute atomic E-state index is 8.68. The zero-order chi connectivity index (χ0) is 9.26. The summed E-state index contributed by atoms with van der Waals surface area (Å²) in [5.41, 5.74) is 1.58. The fourth-order valence-corrected chi connectivity index (χ4v) is 2.86. The minimum absolute atomic E-state index is 0.152. The van der Waals surface area contributed by atoms with Gasteiger partial charge in [-0.3, -0.25) is 0 Å². The summed E-state index contributed by atoms with van der Waals surface area (Å²) in [7, 11) is 0. The van der Waals surface area contributed by atoms with Crippen molar-refractivity contribution in [3.8, 4) is 0 Å². The molecule has 3 unspecified atom stereocenters. The highest BCUT2D eigenvalue weighted by Crippen LogP contribution is 2.49. The summed E-state index contributed by atoms with van der Waals surface area (Å²) in [4.78, 5) is 0. The van der Waals surface area contributed by atoms with Gasteiger partial charge in [0.05, 0.1) is 19.3 Å². The molecule has 0 aromatic carbocycles. The Morgan fingerprint density at radius 1 is 1.54 bits per heavy atom. The number of rotatable bonds is 3. The molecule has 2 aliphatic carbocycles. The Morgan fingerprint density at radius 3 is 3.00 bits per heavy atom. The SMILES string of the molecule is C/C=C1/CC2CC(OCCO)C1C2. The Labute approximate surface area is 79.6 Å². The van der Waals surface area contributed by atoms with E-state index in [4.69, 9.17) is 9.84 Å². The summed E-state index contributed by atoms with van der Waals surface area (Å²) in [6, 6.07) is 0. The number of hydrogen-bond donors (Lipinski definition) is 1. The lowest BCUT2D eigenvalue weighted by Crippen LogP contribution is -2.23. The molecule has 13 heavy (non-hydrogen) atoms. The van der Waals surface area contributed by atoms with Crippen LogP contribution in [0, 0.1) is 11.8 Å². The molecule has 3 atom stereocenters. The van der Waals surface area contributed by atoms with Gasteiger partial charge in [0.1, 0.15) is 0 Å². The largest absolute Gasteiger partial charge is 0.394 e. The summed E-state index contributed by atoms with van der Waals surface area (Å²) in [6.07, 6.45) is 6.47. The molecule has 0 amide bonds. The first-order valence-corrected chi connectivity index (χ1v) is 5.22. The van der Waals surface area contributed by atoms with Gasteiger partial charge in [-0.1, -0.05) is 11.6 Å². The average Bonchev–Trinajstić information content (AvgIpc) is 2.72. The zero-order valence-electron chi connectivity index (χ0n) is 8.20. The normalized spacial score (nSPS) is 40.5. The van der Waals surface area contributed by atoms with Crippen molar-refractivity contribution in [2.75, 3.05) is 13.2 Å². The van der Waals surface area contributed by atoms with Crippen molar-refractivity contribution < 1.29 is 9.84 Å². The molecule has 2 heteroatoms. The van der Waals surface area contributed by atoms with E-state index < -0.39 is 0 Å². The van der Waals surface area contributed by atoms with Crippen LogP contribution in [0.1, 0.15) is 26.2 Å². The van der Waals surface area contributed by atoms with Crippen LogP contribution in [0.25, 0.3) is 0 Å². The molecule has 2 rings (SSSR count). The van der Waals surface area contributed by atoms with Gasteiger partial charge in [0, 0.05) is 5.92 Å². The van der Waals surface area contributed by atoms with Gasteiger partial charge in [0.25, 0.3) is 0 Å². The molecular weight excluding hydrogens is 164 g/mol. The Bertz CT molecular complexity index is 210. The van der Waals surface area contributed by atoms with E-state index in [0.717, 1.165) is 5.92 Å². The maximum Gasteiger partial charge on any atom is 0.0701 e. The predicted octanol–water partition coefficient (Wildman–Crippen LogP) is 1.74. The maximum atomic E-state index is 8.68. The molecule has 2 bridgehead atoms. The van der Waals surface area contributed by atoms with E-state index in [2.05, 4.69) is 13.0 Å². The molecule has 0 heterocycles. The van der Waals surface area contributed by atoms with Crippen LogP contribution in [0.3, 0.4) is 0 Å². The Balaban J connectivity index is 1.94. The highest BCUT2D eigenvalue weighted by molar-refractivity contribution is 5.18. The Kier molecular flexibility index (Phi) is 2.70. The van der Waals surface area contributed by atoms with E-state index in [1.54, 1.807) is 5.57 Å². The third kappa shape index (κ3) is 1.65. The van der Waals surface area contributed by atoms with Crippen LogP contribution in [0.5, 0.6) is 0 Å². The lowest BCUT2D eigenvalue weighted by atomic mass is 9.92. The second-order valence-corrected chi connectivity index (χ2v) is 4.14. The zero-order valence-corrected chi connectivity index (χ0v) is 8.20. The summed E-state index contributed by atoms with van der Waals surface area (Å²) < 4.78 is 5.63. The van der Waals surface area contributed by atoms with Gasteiger partial charge in [0.2, 0.25) is 0 Å². The van der Waals surface area contributed by atoms with E-state index in [1.807, 2.05) is 0 Å². The van der Waals surface area contributed by atoms with Crippen LogP contribution in [-0.2, 0) is 4.74 Å². The van der Waals surface area contributed by atoms with Gasteiger partial charge < -0.3 is 9.84 Å². The second kappa shape index (κ2) is 3.81. The molecule has 2 nitrogen and oxygen atoms in total. The van der Waals surface area contributed by atoms with Crippen molar-refractivity contribution in [2.45, 2.75) is 32.3 Å². The van der Waals surface area contributed by atoms with Gasteiger partial charge in [-0.15, -0.1) is 0 Å². The number of ether oxygens (including phenoxy) is 1. The summed E-state index contributed by atoms with van der Waals surface area (Å²) in [5, 5.41) is 8.68. The first-order valence-electron chi connectivity index (χ1n) is 5.22. The molecule has 2 aliphatic rings. The summed E-state index contributed by atoms with van der Waals surface area (Å²) in [6.45, 7) is 2.78. The number of allylic oxidation sites excluding steroid dienone is 1. The number of hydrogen-bond acceptors (Lipinski definition) is 2. The van der Waals surface area contributed by atoms with Crippen molar-refractivity contribution in [2.24, 2.45) is 11.8 Å². The Hall–Kier alpha value is -0.340. The molecule has 0 radical (unpaired) electrons. The lowest BCUT2D eigenvalue weighted by Gasteiger charge is -2.24. The van der Waals surface area contributed by atoms with Crippen LogP contribution in [0.4, 0.5) is 0 Å². The average molecular weight is 182 g/mol. The minimum Gasteiger partial charge on any atom is -0.394 e. The summed E-state index contributed by atoms with van der Waals surface area (Å²) in [5.74, 6) is 1.53. The quantitative estimate of drug-likeness (QED) is 0.674. The molecule has 0 spiro atoms. The van der Waals surface area contributed by atoms with Crippen LogP contribution in [-0.4, -0.2) is 24.4 Å². The second-order valence-electron chi connectivity index (χ2n) is 4.14. The fourth-order valence-electron chi connectivity index (χ4n) is 2.86. The van der Waals surface area contributed by atoms with Gasteiger partial charge >= 0.3 is 0 Å². The van der Waals surface area contributed by atoms with E-state index in [9.17, 15) is 0 Å². The van der Waals surface area contributed by atoms with Gasteiger partial charge in [-0.2, -0.15) is 0 Å².